The first-order chi connectivity index (χ1) is 8.34. The highest BCUT2D eigenvalue weighted by Crippen LogP contribution is 2.21. The number of nitriles is 1. The molecular formula is C13H17ClN2OS. The number of nitrogens with one attached hydrogen (secondary N) is 1. The first kappa shape index (κ1) is 15.2. The molecule has 0 radical (unpaired) electrons. The number of hydrogen-bond donors (Lipinski definition) is 1. The molecule has 0 saturated carbocycles. The average molecular weight is 285 g/mol. The van der Waals surface area contributed by atoms with Crippen molar-refractivity contribution < 1.29 is 4.21 Å². The lowest BCUT2D eigenvalue weighted by molar-refractivity contribution is 0.603. The van der Waals surface area contributed by atoms with Crippen molar-refractivity contribution in [2.45, 2.75) is 38.0 Å². The van der Waals surface area contributed by atoms with Crippen LogP contribution in [0, 0.1) is 11.3 Å². The molecule has 0 fully saturated rings. The van der Waals surface area contributed by atoms with Crippen molar-refractivity contribution in [3.63, 3.8) is 0 Å². The van der Waals surface area contributed by atoms with Crippen molar-refractivity contribution >= 4 is 22.6 Å². The number of halogens is 1. The second kappa shape index (κ2) is 6.33. The fraction of sp³-hybridized carbons (Fsp3) is 0.462. The lowest BCUT2D eigenvalue weighted by Crippen LogP contribution is -2.35. The van der Waals surface area contributed by atoms with Crippen LogP contribution in [-0.2, 0) is 11.0 Å². The normalized spacial score (nSPS) is 14.8. The Morgan fingerprint density at radius 1 is 1.39 bits per heavy atom. The number of hydrogen-bond acceptors (Lipinski definition) is 2. The third-order valence-corrected chi connectivity index (χ3v) is 4.24. The molecule has 18 heavy (non-hydrogen) atoms. The summed E-state index contributed by atoms with van der Waals surface area (Å²) in [4.78, 5) is 0. The Morgan fingerprint density at radius 2 is 1.94 bits per heavy atom. The molecule has 1 rings (SSSR count). The Kier molecular flexibility index (Phi) is 5.33. The lowest BCUT2D eigenvalue weighted by atomic mass is 10.1. The van der Waals surface area contributed by atoms with E-state index >= 15 is 0 Å². The molecule has 0 spiro atoms. The molecule has 0 heterocycles. The summed E-state index contributed by atoms with van der Waals surface area (Å²) in [7, 11) is -1.21. The van der Waals surface area contributed by atoms with Crippen molar-refractivity contribution in [2.24, 2.45) is 0 Å². The van der Waals surface area contributed by atoms with Crippen molar-refractivity contribution in [1.29, 1.82) is 5.26 Å². The summed E-state index contributed by atoms with van der Waals surface area (Å²) in [6, 6.07) is 9.09. The maximum atomic E-state index is 12.1. The molecule has 0 aromatic heterocycles. The molecule has 0 saturated heterocycles. The van der Waals surface area contributed by atoms with E-state index in [4.69, 9.17) is 16.9 Å². The van der Waals surface area contributed by atoms with Crippen molar-refractivity contribution in [1.82, 2.24) is 4.72 Å². The summed E-state index contributed by atoms with van der Waals surface area (Å²) in [6.45, 7) is 5.67. The summed E-state index contributed by atoms with van der Waals surface area (Å²) >= 11 is 5.83. The van der Waals surface area contributed by atoms with Crippen LogP contribution in [0.5, 0.6) is 0 Å². The van der Waals surface area contributed by atoms with Gasteiger partial charge in [0.05, 0.1) is 34.3 Å². The molecule has 0 aliphatic rings. The zero-order valence-corrected chi connectivity index (χ0v) is 12.3. The largest absolute Gasteiger partial charge is 0.242 e. The van der Waals surface area contributed by atoms with Crippen LogP contribution in [0.15, 0.2) is 24.3 Å². The zero-order chi connectivity index (χ0) is 13.8. The minimum Gasteiger partial charge on any atom is -0.242 e. The summed E-state index contributed by atoms with van der Waals surface area (Å²) in [5.41, 5.74) is 0.915. The van der Waals surface area contributed by atoms with Gasteiger partial charge in [-0.05, 0) is 38.5 Å². The molecule has 98 valence electrons. The van der Waals surface area contributed by atoms with E-state index in [1.165, 1.54) is 0 Å². The van der Waals surface area contributed by atoms with Crippen LogP contribution in [0.2, 0.25) is 5.02 Å². The summed E-state index contributed by atoms with van der Waals surface area (Å²) in [5, 5.41) is 9.50. The van der Waals surface area contributed by atoms with Crippen molar-refractivity contribution in [3.05, 3.63) is 34.9 Å². The highest BCUT2D eigenvalue weighted by molar-refractivity contribution is 7.84. The van der Waals surface area contributed by atoms with Gasteiger partial charge in [0.15, 0.2) is 0 Å². The third kappa shape index (κ3) is 4.41. The Hall–Kier alpha value is -0.890. The Labute approximate surface area is 116 Å². The summed E-state index contributed by atoms with van der Waals surface area (Å²) < 4.78 is 14.7. The first-order valence-electron chi connectivity index (χ1n) is 5.65. The van der Waals surface area contributed by atoms with Gasteiger partial charge in [0, 0.05) is 5.02 Å². The first-order valence-corrected chi connectivity index (χ1v) is 7.18. The van der Waals surface area contributed by atoms with E-state index in [0.717, 1.165) is 5.56 Å². The van der Waals surface area contributed by atoms with Crippen LogP contribution >= 0.6 is 11.6 Å². The average Bonchev–Trinajstić information content (AvgIpc) is 2.28. The van der Waals surface area contributed by atoms with Gasteiger partial charge in [0.25, 0.3) is 0 Å². The molecule has 0 aliphatic carbocycles. The summed E-state index contributed by atoms with van der Waals surface area (Å²) in [6.07, 6.45) is 0.267. The van der Waals surface area contributed by atoms with E-state index < -0.39 is 11.0 Å². The monoisotopic (exact) mass is 284 g/mol. The van der Waals surface area contributed by atoms with Crippen LogP contribution in [0.4, 0.5) is 0 Å². The topological polar surface area (TPSA) is 52.9 Å². The van der Waals surface area contributed by atoms with Gasteiger partial charge in [0.1, 0.15) is 0 Å². The Bertz CT molecular complexity index is 459. The molecule has 0 aliphatic heterocycles. The quantitative estimate of drug-likeness (QED) is 0.922. The van der Waals surface area contributed by atoms with Crippen LogP contribution in [-0.4, -0.2) is 8.96 Å². The van der Waals surface area contributed by atoms with Gasteiger partial charge < -0.3 is 0 Å². The minimum atomic E-state index is -1.21. The number of rotatable bonds is 4. The van der Waals surface area contributed by atoms with E-state index in [1.807, 2.05) is 32.9 Å². The molecule has 0 bridgehead atoms. The van der Waals surface area contributed by atoms with Crippen molar-refractivity contribution in [2.75, 3.05) is 0 Å². The van der Waals surface area contributed by atoms with E-state index in [0.29, 0.717) is 5.02 Å². The second-order valence-electron chi connectivity index (χ2n) is 4.97. The van der Waals surface area contributed by atoms with E-state index in [9.17, 15) is 4.21 Å². The molecule has 0 unspecified atom stereocenters. The maximum absolute atomic E-state index is 12.1. The highest BCUT2D eigenvalue weighted by Gasteiger charge is 2.23. The van der Waals surface area contributed by atoms with Gasteiger partial charge >= 0.3 is 0 Å². The van der Waals surface area contributed by atoms with E-state index in [1.54, 1.807) is 12.1 Å². The highest BCUT2D eigenvalue weighted by atomic mass is 35.5. The van der Waals surface area contributed by atoms with E-state index in [2.05, 4.69) is 10.8 Å². The van der Waals surface area contributed by atoms with Crippen molar-refractivity contribution in [3.8, 4) is 6.07 Å². The Balaban J connectivity index is 2.87. The van der Waals surface area contributed by atoms with Gasteiger partial charge in [-0.2, -0.15) is 5.26 Å². The predicted molar refractivity (Wildman–Crippen MR) is 75.5 cm³/mol. The maximum Gasteiger partial charge on any atom is 0.0976 e. The summed E-state index contributed by atoms with van der Waals surface area (Å²) in [5.74, 6) is 0. The minimum absolute atomic E-state index is 0.243. The molecular weight excluding hydrogens is 268 g/mol. The van der Waals surface area contributed by atoms with Crippen LogP contribution in [0.3, 0.4) is 0 Å². The van der Waals surface area contributed by atoms with Gasteiger partial charge in [-0.25, -0.2) is 8.93 Å². The number of nitrogens with zero attached hydrogens (tertiary/aromatic N) is 1. The fourth-order valence-electron chi connectivity index (χ4n) is 1.32. The molecule has 5 heteroatoms. The standard InChI is InChI=1S/C13H17ClN2OS/c1-13(2,3)18(17)16-12(8-9-15)10-4-6-11(14)7-5-10/h4-7,12,16H,8H2,1-3H3/t12-,18-/m1/s1. The molecule has 1 aromatic carbocycles. The van der Waals surface area contributed by atoms with Gasteiger partial charge in [-0.15, -0.1) is 0 Å². The van der Waals surface area contributed by atoms with Gasteiger partial charge in [-0.3, -0.25) is 0 Å². The predicted octanol–water partition coefficient (Wildman–Crippen LogP) is 3.35. The number of benzene rings is 1. The fourth-order valence-corrected chi connectivity index (χ4v) is 2.28. The molecule has 2 atom stereocenters. The molecule has 0 amide bonds. The van der Waals surface area contributed by atoms with Crippen LogP contribution < -0.4 is 4.72 Å². The van der Waals surface area contributed by atoms with Crippen LogP contribution in [0.25, 0.3) is 0 Å². The second-order valence-corrected chi connectivity index (χ2v) is 7.40. The Morgan fingerprint density at radius 3 is 2.39 bits per heavy atom. The molecule has 3 nitrogen and oxygen atoms in total. The van der Waals surface area contributed by atoms with Gasteiger partial charge in [-0.1, -0.05) is 23.7 Å². The molecule has 1 aromatic rings. The smallest absolute Gasteiger partial charge is 0.0976 e. The van der Waals surface area contributed by atoms with Gasteiger partial charge in [0.2, 0.25) is 0 Å². The zero-order valence-electron chi connectivity index (χ0n) is 10.7. The SMILES string of the molecule is CC(C)(C)[S@@](=O)N[C@H](CC#N)c1ccc(Cl)cc1. The lowest BCUT2D eigenvalue weighted by Gasteiger charge is -2.23. The molecule has 1 N–H and O–H groups in total. The van der Waals surface area contributed by atoms with E-state index in [-0.39, 0.29) is 17.2 Å². The third-order valence-electron chi connectivity index (χ3n) is 2.37. The van der Waals surface area contributed by atoms with Crippen LogP contribution in [0.1, 0.15) is 38.8 Å².